The highest BCUT2D eigenvalue weighted by Gasteiger charge is 2.31. The summed E-state index contributed by atoms with van der Waals surface area (Å²) in [7, 11) is 0. The van der Waals surface area contributed by atoms with Gasteiger partial charge >= 0.3 is 0 Å². The van der Waals surface area contributed by atoms with Gasteiger partial charge in [0.15, 0.2) is 17.1 Å². The number of fused-ring (bicyclic) bond motifs is 1. The lowest BCUT2D eigenvalue weighted by molar-refractivity contribution is -0.128. The molecule has 7 heteroatoms. The normalized spacial score (nSPS) is 13.3. The first kappa shape index (κ1) is 17.7. The molecule has 0 aliphatic carbocycles. The molecule has 0 spiro atoms. The van der Waals surface area contributed by atoms with E-state index >= 15 is 0 Å². The molecule has 2 aromatic rings. The smallest absolute Gasteiger partial charge is 0.268 e. The first-order valence-electron chi connectivity index (χ1n) is 7.70. The molecule has 25 heavy (non-hydrogen) atoms. The van der Waals surface area contributed by atoms with E-state index in [9.17, 15) is 4.79 Å². The van der Waals surface area contributed by atoms with Crippen molar-refractivity contribution in [3.63, 3.8) is 0 Å². The topological polar surface area (TPSA) is 56.8 Å². The number of ether oxygens (including phenoxy) is 3. The number of nitrogens with one attached hydrogen (secondary N) is 1. The van der Waals surface area contributed by atoms with Crippen LogP contribution in [0.3, 0.4) is 0 Å². The molecule has 0 fully saturated rings. The number of carbonyl (C=O) groups is 1. The number of rotatable bonds is 4. The molecule has 1 amide bonds. The van der Waals surface area contributed by atoms with Crippen molar-refractivity contribution in [2.75, 3.05) is 18.5 Å². The number of benzene rings is 2. The molecule has 1 aliphatic rings. The molecule has 0 aromatic heterocycles. The molecule has 0 saturated carbocycles. The fourth-order valence-corrected chi connectivity index (χ4v) is 2.60. The lowest BCUT2D eigenvalue weighted by atomic mass is 10.1. The molecule has 0 radical (unpaired) electrons. The van der Waals surface area contributed by atoms with Crippen molar-refractivity contribution >= 4 is 34.8 Å². The van der Waals surface area contributed by atoms with Gasteiger partial charge in [-0.1, -0.05) is 23.2 Å². The van der Waals surface area contributed by atoms with Gasteiger partial charge in [0.05, 0.1) is 10.7 Å². The van der Waals surface area contributed by atoms with Crippen LogP contribution in [0, 0.1) is 0 Å². The van der Waals surface area contributed by atoms with Gasteiger partial charge in [-0.05, 0) is 38.1 Å². The maximum atomic E-state index is 12.6. The fourth-order valence-electron chi connectivity index (χ4n) is 2.28. The van der Waals surface area contributed by atoms with E-state index in [1.807, 2.05) is 0 Å². The maximum absolute atomic E-state index is 12.6. The largest absolute Gasteiger partial charge is 0.486 e. The molecule has 1 N–H and O–H groups in total. The Kier molecular flexibility index (Phi) is 4.97. The summed E-state index contributed by atoms with van der Waals surface area (Å²) in [5.74, 6) is 1.30. The standard InChI is InChI=1S/C18H17Cl2NO4/c1-18(2,25-12-5-3-11(19)4-6-12)17(22)21-14-10-16-15(9-13(14)20)23-7-8-24-16/h3-6,9-10H,7-8H2,1-2H3,(H,21,22). The van der Waals surface area contributed by atoms with Crippen LogP contribution in [0.1, 0.15) is 13.8 Å². The van der Waals surface area contributed by atoms with Crippen LogP contribution < -0.4 is 19.5 Å². The Balaban J connectivity index is 1.75. The summed E-state index contributed by atoms with van der Waals surface area (Å²) in [4.78, 5) is 12.6. The average molecular weight is 382 g/mol. The SMILES string of the molecule is CC(C)(Oc1ccc(Cl)cc1)C(=O)Nc1cc2c(cc1Cl)OCCO2. The Morgan fingerprint density at radius 3 is 2.32 bits per heavy atom. The van der Waals surface area contributed by atoms with Crippen LogP contribution in [0.5, 0.6) is 17.2 Å². The Hall–Kier alpha value is -2.11. The zero-order valence-corrected chi connectivity index (χ0v) is 15.3. The highest BCUT2D eigenvalue weighted by atomic mass is 35.5. The molecule has 0 bridgehead atoms. The summed E-state index contributed by atoms with van der Waals surface area (Å²) in [6, 6.07) is 10.1. The summed E-state index contributed by atoms with van der Waals surface area (Å²) in [5.41, 5.74) is -0.687. The van der Waals surface area contributed by atoms with E-state index in [1.54, 1.807) is 50.2 Å². The van der Waals surface area contributed by atoms with Crippen molar-refractivity contribution in [2.45, 2.75) is 19.4 Å². The maximum Gasteiger partial charge on any atom is 0.268 e. The third-order valence-corrected chi connectivity index (χ3v) is 4.18. The van der Waals surface area contributed by atoms with Crippen LogP contribution in [-0.4, -0.2) is 24.7 Å². The summed E-state index contributed by atoms with van der Waals surface area (Å²) in [6.07, 6.45) is 0. The molecule has 5 nitrogen and oxygen atoms in total. The van der Waals surface area contributed by atoms with E-state index in [0.717, 1.165) is 0 Å². The van der Waals surface area contributed by atoms with Crippen LogP contribution in [0.2, 0.25) is 10.0 Å². The summed E-state index contributed by atoms with van der Waals surface area (Å²) >= 11 is 12.1. The predicted molar refractivity (Wildman–Crippen MR) is 97.2 cm³/mol. The first-order valence-corrected chi connectivity index (χ1v) is 8.46. The van der Waals surface area contributed by atoms with Gasteiger partial charge in [0.25, 0.3) is 5.91 Å². The van der Waals surface area contributed by atoms with Crippen LogP contribution in [0.15, 0.2) is 36.4 Å². The number of halogens is 2. The van der Waals surface area contributed by atoms with Crippen molar-refractivity contribution in [1.82, 2.24) is 0 Å². The third kappa shape index (κ3) is 4.11. The van der Waals surface area contributed by atoms with Crippen molar-refractivity contribution in [2.24, 2.45) is 0 Å². The molecule has 1 aliphatic heterocycles. The summed E-state index contributed by atoms with van der Waals surface area (Å²) < 4.78 is 16.8. The van der Waals surface area contributed by atoms with Crippen molar-refractivity contribution in [3.8, 4) is 17.2 Å². The number of carbonyl (C=O) groups excluding carboxylic acids is 1. The van der Waals surface area contributed by atoms with Crippen molar-refractivity contribution in [1.29, 1.82) is 0 Å². The number of amides is 1. The van der Waals surface area contributed by atoms with Gasteiger partial charge in [0, 0.05) is 17.2 Å². The van der Waals surface area contributed by atoms with E-state index in [1.165, 1.54) is 0 Å². The van der Waals surface area contributed by atoms with E-state index in [-0.39, 0.29) is 5.91 Å². The van der Waals surface area contributed by atoms with Gasteiger partial charge in [0.1, 0.15) is 19.0 Å². The molecule has 0 atom stereocenters. The minimum absolute atomic E-state index is 0.346. The summed E-state index contributed by atoms with van der Waals surface area (Å²) in [5, 5.41) is 3.73. The van der Waals surface area contributed by atoms with Crippen LogP contribution >= 0.6 is 23.2 Å². The Labute approximate surface area is 155 Å². The zero-order chi connectivity index (χ0) is 18.0. The minimum atomic E-state index is -1.12. The monoisotopic (exact) mass is 381 g/mol. The molecule has 3 rings (SSSR count). The molecule has 1 heterocycles. The van der Waals surface area contributed by atoms with Crippen LogP contribution in [0.4, 0.5) is 5.69 Å². The summed E-state index contributed by atoms with van der Waals surface area (Å²) in [6.45, 7) is 4.26. The van der Waals surface area contributed by atoms with E-state index in [0.29, 0.717) is 46.2 Å². The first-order chi connectivity index (χ1) is 11.8. The van der Waals surface area contributed by atoms with Gasteiger partial charge in [-0.3, -0.25) is 4.79 Å². The van der Waals surface area contributed by atoms with Gasteiger partial charge < -0.3 is 19.5 Å². The van der Waals surface area contributed by atoms with Crippen molar-refractivity contribution < 1.29 is 19.0 Å². The van der Waals surface area contributed by atoms with Gasteiger partial charge in [-0.25, -0.2) is 0 Å². The second-order valence-corrected chi connectivity index (χ2v) is 6.84. The minimum Gasteiger partial charge on any atom is -0.486 e. The second-order valence-electron chi connectivity index (χ2n) is 6.00. The predicted octanol–water partition coefficient (Wildman–Crippen LogP) is 4.56. The van der Waals surface area contributed by atoms with Crippen LogP contribution in [-0.2, 0) is 4.79 Å². The number of anilines is 1. The molecular weight excluding hydrogens is 365 g/mol. The quantitative estimate of drug-likeness (QED) is 0.842. The zero-order valence-electron chi connectivity index (χ0n) is 13.8. The van der Waals surface area contributed by atoms with Gasteiger partial charge in [-0.2, -0.15) is 0 Å². The Morgan fingerprint density at radius 1 is 1.08 bits per heavy atom. The van der Waals surface area contributed by atoms with E-state index in [2.05, 4.69) is 5.32 Å². The molecule has 0 saturated heterocycles. The van der Waals surface area contributed by atoms with Gasteiger partial charge in [-0.15, -0.1) is 0 Å². The lowest BCUT2D eigenvalue weighted by Crippen LogP contribution is -2.42. The average Bonchev–Trinajstić information content (AvgIpc) is 2.57. The number of hydrogen-bond donors (Lipinski definition) is 1. The lowest BCUT2D eigenvalue weighted by Gasteiger charge is -2.26. The van der Waals surface area contributed by atoms with Crippen LogP contribution in [0.25, 0.3) is 0 Å². The highest BCUT2D eigenvalue weighted by Crippen LogP contribution is 2.38. The van der Waals surface area contributed by atoms with E-state index in [4.69, 9.17) is 37.4 Å². The molecule has 2 aromatic carbocycles. The Bertz CT molecular complexity index is 790. The third-order valence-electron chi connectivity index (χ3n) is 3.61. The Morgan fingerprint density at radius 2 is 1.68 bits per heavy atom. The molecule has 0 unspecified atom stereocenters. The number of hydrogen-bond acceptors (Lipinski definition) is 4. The van der Waals surface area contributed by atoms with Crippen molar-refractivity contribution in [3.05, 3.63) is 46.4 Å². The molecular formula is C18H17Cl2NO4. The van der Waals surface area contributed by atoms with Gasteiger partial charge in [0.2, 0.25) is 0 Å². The fraction of sp³-hybridized carbons (Fsp3) is 0.278. The highest BCUT2D eigenvalue weighted by molar-refractivity contribution is 6.34. The molecule has 132 valence electrons. The van der Waals surface area contributed by atoms with E-state index < -0.39 is 5.60 Å². The second kappa shape index (κ2) is 7.02.